The monoisotopic (exact) mass is 272 g/mol. The minimum Gasteiger partial charge on any atom is -0.457 e. The smallest absolute Gasteiger partial charge is 0.150 e. The van der Waals surface area contributed by atoms with E-state index in [2.05, 4.69) is 26.0 Å². The molecule has 106 valence electrons. The van der Waals surface area contributed by atoms with Crippen molar-refractivity contribution in [2.75, 3.05) is 7.11 Å². The summed E-state index contributed by atoms with van der Waals surface area (Å²) < 4.78 is 5.70. The lowest BCUT2D eigenvalue weighted by molar-refractivity contribution is 0.112. The van der Waals surface area contributed by atoms with Gasteiger partial charge in [-0.1, -0.05) is 26.0 Å². The van der Waals surface area contributed by atoms with Crippen molar-refractivity contribution in [2.45, 2.75) is 19.8 Å². The standard InChI is InChI=1S/C16H16O2.CH4O/c1-12(2)14-5-9-16(10-6-14)18-15-7-3-13(11-17)4-8-15;1-2/h3-12H,1-2H3;2H,1H3. The molecule has 0 bridgehead atoms. The first-order valence-electron chi connectivity index (χ1n) is 6.47. The molecule has 0 spiro atoms. The van der Waals surface area contributed by atoms with Crippen LogP contribution in [-0.2, 0) is 0 Å². The number of carbonyl (C=O) groups excluding carboxylic acids is 1. The van der Waals surface area contributed by atoms with Crippen molar-refractivity contribution in [1.29, 1.82) is 0 Å². The first kappa shape index (κ1) is 15.9. The van der Waals surface area contributed by atoms with E-state index in [1.807, 2.05) is 12.1 Å². The first-order chi connectivity index (χ1) is 9.69. The largest absolute Gasteiger partial charge is 0.457 e. The highest BCUT2D eigenvalue weighted by molar-refractivity contribution is 5.74. The lowest BCUT2D eigenvalue weighted by Gasteiger charge is -2.08. The second kappa shape index (κ2) is 8.12. The van der Waals surface area contributed by atoms with Gasteiger partial charge in [-0.3, -0.25) is 4.79 Å². The quantitative estimate of drug-likeness (QED) is 0.855. The van der Waals surface area contributed by atoms with Crippen molar-refractivity contribution < 1.29 is 14.6 Å². The molecule has 0 amide bonds. The molecule has 0 unspecified atom stereocenters. The van der Waals surface area contributed by atoms with Gasteiger partial charge >= 0.3 is 0 Å². The predicted octanol–water partition coefficient (Wildman–Crippen LogP) is 4.02. The van der Waals surface area contributed by atoms with Gasteiger partial charge in [0.25, 0.3) is 0 Å². The second-order valence-electron chi connectivity index (χ2n) is 4.51. The molecule has 0 aliphatic rings. The van der Waals surface area contributed by atoms with E-state index in [9.17, 15) is 4.79 Å². The Morgan fingerprint density at radius 1 is 0.900 bits per heavy atom. The first-order valence-corrected chi connectivity index (χ1v) is 6.47. The molecular weight excluding hydrogens is 252 g/mol. The Hall–Kier alpha value is -2.13. The van der Waals surface area contributed by atoms with E-state index >= 15 is 0 Å². The molecule has 0 aromatic heterocycles. The molecule has 1 N–H and O–H groups in total. The number of aliphatic hydroxyl groups excluding tert-OH is 1. The van der Waals surface area contributed by atoms with Gasteiger partial charge in [0.1, 0.15) is 17.8 Å². The van der Waals surface area contributed by atoms with E-state index in [1.165, 1.54) is 5.56 Å². The summed E-state index contributed by atoms with van der Waals surface area (Å²) in [5.41, 5.74) is 1.94. The summed E-state index contributed by atoms with van der Waals surface area (Å²) in [5, 5.41) is 7.00. The van der Waals surface area contributed by atoms with E-state index < -0.39 is 0 Å². The van der Waals surface area contributed by atoms with Gasteiger partial charge in [-0.2, -0.15) is 0 Å². The van der Waals surface area contributed by atoms with Gasteiger partial charge in [0.2, 0.25) is 0 Å². The van der Waals surface area contributed by atoms with Crippen LogP contribution in [0.2, 0.25) is 0 Å². The van der Waals surface area contributed by atoms with Crippen LogP contribution in [0.1, 0.15) is 35.7 Å². The molecule has 2 aromatic rings. The summed E-state index contributed by atoms with van der Waals surface area (Å²) in [4.78, 5) is 10.5. The molecule has 3 heteroatoms. The van der Waals surface area contributed by atoms with Crippen LogP contribution < -0.4 is 4.74 Å². The molecule has 0 saturated carbocycles. The third-order valence-corrected chi connectivity index (χ3v) is 2.80. The van der Waals surface area contributed by atoms with Crippen LogP contribution in [0.15, 0.2) is 48.5 Å². The average Bonchev–Trinajstić information content (AvgIpc) is 2.50. The Morgan fingerprint density at radius 2 is 1.35 bits per heavy atom. The highest BCUT2D eigenvalue weighted by atomic mass is 16.5. The molecule has 0 fully saturated rings. The number of carbonyl (C=O) groups is 1. The van der Waals surface area contributed by atoms with E-state index in [-0.39, 0.29) is 0 Å². The Balaban J connectivity index is 0.000000956. The maximum Gasteiger partial charge on any atom is 0.150 e. The number of benzene rings is 2. The molecule has 2 aromatic carbocycles. The average molecular weight is 272 g/mol. The van der Waals surface area contributed by atoms with Gasteiger partial charge in [-0.15, -0.1) is 0 Å². The zero-order chi connectivity index (χ0) is 15.0. The van der Waals surface area contributed by atoms with Gasteiger partial charge in [0.15, 0.2) is 0 Å². The van der Waals surface area contributed by atoms with Crippen LogP contribution in [0, 0.1) is 0 Å². The summed E-state index contributed by atoms with van der Waals surface area (Å²) >= 11 is 0. The maximum atomic E-state index is 10.5. The summed E-state index contributed by atoms with van der Waals surface area (Å²) in [7, 11) is 1.00. The second-order valence-corrected chi connectivity index (χ2v) is 4.51. The van der Waals surface area contributed by atoms with Gasteiger partial charge in [-0.05, 0) is 47.9 Å². The summed E-state index contributed by atoms with van der Waals surface area (Å²) in [6, 6.07) is 15.1. The fourth-order valence-electron chi connectivity index (χ4n) is 1.67. The van der Waals surface area contributed by atoms with E-state index in [0.29, 0.717) is 11.5 Å². The van der Waals surface area contributed by atoms with E-state index in [1.54, 1.807) is 24.3 Å². The van der Waals surface area contributed by atoms with Gasteiger partial charge in [0.05, 0.1) is 0 Å². The SMILES string of the molecule is CC(C)c1ccc(Oc2ccc(C=O)cc2)cc1.CO. The fourth-order valence-corrected chi connectivity index (χ4v) is 1.67. The molecule has 20 heavy (non-hydrogen) atoms. The van der Waals surface area contributed by atoms with E-state index in [0.717, 1.165) is 24.9 Å². The van der Waals surface area contributed by atoms with Crippen molar-refractivity contribution in [3.05, 3.63) is 59.7 Å². The Morgan fingerprint density at radius 3 is 1.75 bits per heavy atom. The maximum absolute atomic E-state index is 10.5. The highest BCUT2D eigenvalue weighted by Gasteiger charge is 2.01. The van der Waals surface area contributed by atoms with Crippen LogP contribution in [-0.4, -0.2) is 18.5 Å². The third kappa shape index (κ3) is 4.52. The zero-order valence-electron chi connectivity index (χ0n) is 12.0. The van der Waals surface area contributed by atoms with Crippen LogP contribution in [0.4, 0.5) is 0 Å². The molecule has 2 rings (SSSR count). The third-order valence-electron chi connectivity index (χ3n) is 2.80. The van der Waals surface area contributed by atoms with Crippen LogP contribution >= 0.6 is 0 Å². The lowest BCUT2D eigenvalue weighted by Crippen LogP contribution is -1.88. The van der Waals surface area contributed by atoms with Crippen molar-refractivity contribution in [2.24, 2.45) is 0 Å². The minimum atomic E-state index is 0.519. The lowest BCUT2D eigenvalue weighted by atomic mass is 10.0. The van der Waals surface area contributed by atoms with Gasteiger partial charge < -0.3 is 9.84 Å². The molecule has 0 saturated heterocycles. The number of aldehydes is 1. The Bertz CT molecular complexity index is 513. The number of hydrogen-bond acceptors (Lipinski definition) is 3. The molecule has 3 nitrogen and oxygen atoms in total. The van der Waals surface area contributed by atoms with Crippen LogP contribution in [0.3, 0.4) is 0 Å². The normalized spacial score (nSPS) is 9.65. The number of rotatable bonds is 4. The molecule has 0 aliphatic carbocycles. The van der Waals surface area contributed by atoms with Crippen molar-refractivity contribution in [3.63, 3.8) is 0 Å². The topological polar surface area (TPSA) is 46.5 Å². The van der Waals surface area contributed by atoms with Gasteiger partial charge in [0, 0.05) is 12.7 Å². The zero-order valence-corrected chi connectivity index (χ0v) is 12.0. The minimum absolute atomic E-state index is 0.519. The van der Waals surface area contributed by atoms with E-state index in [4.69, 9.17) is 9.84 Å². The summed E-state index contributed by atoms with van der Waals surface area (Å²) in [6.45, 7) is 4.32. The number of aliphatic hydroxyl groups is 1. The Kier molecular flexibility index (Phi) is 6.47. The van der Waals surface area contributed by atoms with Crippen molar-refractivity contribution in [3.8, 4) is 11.5 Å². The summed E-state index contributed by atoms with van der Waals surface area (Å²) in [5.74, 6) is 2.06. The van der Waals surface area contributed by atoms with Crippen molar-refractivity contribution in [1.82, 2.24) is 0 Å². The van der Waals surface area contributed by atoms with Gasteiger partial charge in [-0.25, -0.2) is 0 Å². The highest BCUT2D eigenvalue weighted by Crippen LogP contribution is 2.23. The molecule has 0 heterocycles. The molecule has 0 radical (unpaired) electrons. The van der Waals surface area contributed by atoms with Crippen LogP contribution in [0.5, 0.6) is 11.5 Å². The molecule has 0 atom stereocenters. The molecular formula is C17H20O3. The number of hydrogen-bond donors (Lipinski definition) is 1. The fraction of sp³-hybridized carbons (Fsp3) is 0.235. The van der Waals surface area contributed by atoms with Crippen molar-refractivity contribution >= 4 is 6.29 Å². The predicted molar refractivity (Wildman–Crippen MR) is 80.6 cm³/mol. The molecule has 0 aliphatic heterocycles. The summed E-state index contributed by atoms with van der Waals surface area (Å²) in [6.07, 6.45) is 0.821. The van der Waals surface area contributed by atoms with Crippen LogP contribution in [0.25, 0.3) is 0 Å². The number of ether oxygens (including phenoxy) is 1. The Labute approximate surface area is 119 Å².